The van der Waals surface area contributed by atoms with Gasteiger partial charge in [-0.15, -0.1) is 0 Å². The zero-order chi connectivity index (χ0) is 12.8. The van der Waals surface area contributed by atoms with Crippen LogP contribution in [0.2, 0.25) is 0 Å². The summed E-state index contributed by atoms with van der Waals surface area (Å²) in [5.74, 6) is 0.152. The number of aliphatic hydroxyl groups is 1. The van der Waals surface area contributed by atoms with Crippen molar-refractivity contribution in [1.82, 2.24) is 15.1 Å². The SMILES string of the molecule is CC(NCC(O)CN(C)C)C(=O)N1CCCC1. The zero-order valence-electron chi connectivity index (χ0n) is 11.1. The van der Waals surface area contributed by atoms with Gasteiger partial charge in [-0.05, 0) is 33.9 Å². The van der Waals surface area contributed by atoms with Gasteiger partial charge in [0.2, 0.25) is 5.91 Å². The smallest absolute Gasteiger partial charge is 0.239 e. The van der Waals surface area contributed by atoms with Crippen LogP contribution < -0.4 is 5.32 Å². The minimum Gasteiger partial charge on any atom is -0.390 e. The molecule has 0 saturated carbocycles. The van der Waals surface area contributed by atoms with E-state index in [1.807, 2.05) is 30.8 Å². The third kappa shape index (κ3) is 5.02. The molecule has 2 unspecified atom stereocenters. The quantitative estimate of drug-likeness (QED) is 0.661. The predicted octanol–water partition coefficient (Wildman–Crippen LogP) is -0.491. The van der Waals surface area contributed by atoms with Crippen LogP contribution in [0, 0.1) is 0 Å². The lowest BCUT2D eigenvalue weighted by atomic mass is 10.2. The molecule has 1 aliphatic heterocycles. The first-order chi connectivity index (χ1) is 8.00. The van der Waals surface area contributed by atoms with E-state index < -0.39 is 6.10 Å². The van der Waals surface area contributed by atoms with Gasteiger partial charge in [0.25, 0.3) is 0 Å². The Balaban J connectivity index is 2.23. The maximum Gasteiger partial charge on any atom is 0.239 e. The first kappa shape index (κ1) is 14.4. The molecule has 0 aliphatic carbocycles. The van der Waals surface area contributed by atoms with E-state index in [2.05, 4.69) is 5.32 Å². The Hall–Kier alpha value is -0.650. The summed E-state index contributed by atoms with van der Waals surface area (Å²) in [5.41, 5.74) is 0. The number of aliphatic hydroxyl groups excluding tert-OH is 1. The van der Waals surface area contributed by atoms with Crippen molar-refractivity contribution in [3.8, 4) is 0 Å². The average molecular weight is 243 g/mol. The van der Waals surface area contributed by atoms with Crippen molar-refractivity contribution in [1.29, 1.82) is 0 Å². The average Bonchev–Trinajstić information content (AvgIpc) is 2.77. The van der Waals surface area contributed by atoms with E-state index in [1.54, 1.807) is 0 Å². The summed E-state index contributed by atoms with van der Waals surface area (Å²) in [5, 5.41) is 12.8. The molecule has 0 aromatic heterocycles. The van der Waals surface area contributed by atoms with Gasteiger partial charge in [0, 0.05) is 26.2 Å². The number of carbonyl (C=O) groups is 1. The van der Waals surface area contributed by atoms with Gasteiger partial charge in [-0.2, -0.15) is 0 Å². The largest absolute Gasteiger partial charge is 0.390 e. The summed E-state index contributed by atoms with van der Waals surface area (Å²) in [6.07, 6.45) is 1.79. The van der Waals surface area contributed by atoms with E-state index in [1.165, 1.54) is 0 Å². The molecule has 2 atom stereocenters. The van der Waals surface area contributed by atoms with Crippen LogP contribution >= 0.6 is 0 Å². The second-order valence-electron chi connectivity index (χ2n) is 5.08. The Morgan fingerprint density at radius 1 is 1.41 bits per heavy atom. The lowest BCUT2D eigenvalue weighted by molar-refractivity contribution is -0.132. The summed E-state index contributed by atoms with van der Waals surface area (Å²) in [4.78, 5) is 15.8. The van der Waals surface area contributed by atoms with Crippen LogP contribution in [-0.4, -0.2) is 73.2 Å². The summed E-state index contributed by atoms with van der Waals surface area (Å²) < 4.78 is 0. The second kappa shape index (κ2) is 6.93. The standard InChI is InChI=1S/C12H25N3O2/c1-10(12(17)15-6-4-5-7-15)13-8-11(16)9-14(2)3/h10-11,13,16H,4-9H2,1-3H3. The van der Waals surface area contributed by atoms with Crippen molar-refractivity contribution in [3.63, 3.8) is 0 Å². The molecule has 1 amide bonds. The van der Waals surface area contributed by atoms with Gasteiger partial charge >= 0.3 is 0 Å². The Bertz CT molecular complexity index is 240. The summed E-state index contributed by atoms with van der Waals surface area (Å²) in [6.45, 7) is 4.69. The number of hydrogen-bond donors (Lipinski definition) is 2. The number of nitrogens with zero attached hydrogens (tertiary/aromatic N) is 2. The maximum absolute atomic E-state index is 12.0. The molecule has 1 heterocycles. The molecule has 1 aliphatic rings. The fourth-order valence-electron chi connectivity index (χ4n) is 2.10. The number of nitrogens with one attached hydrogen (secondary N) is 1. The van der Waals surface area contributed by atoms with Gasteiger partial charge in [0.1, 0.15) is 0 Å². The van der Waals surface area contributed by atoms with Crippen LogP contribution in [0.5, 0.6) is 0 Å². The van der Waals surface area contributed by atoms with Gasteiger partial charge in [0.05, 0.1) is 12.1 Å². The normalized spacial score (nSPS) is 19.7. The molecule has 2 N–H and O–H groups in total. The summed E-state index contributed by atoms with van der Waals surface area (Å²) in [6, 6.07) is -0.204. The highest BCUT2D eigenvalue weighted by molar-refractivity contribution is 5.81. The number of hydrogen-bond acceptors (Lipinski definition) is 4. The minimum absolute atomic E-state index is 0.152. The van der Waals surface area contributed by atoms with E-state index >= 15 is 0 Å². The Kier molecular flexibility index (Phi) is 5.88. The van der Waals surface area contributed by atoms with Crippen molar-refractivity contribution in [2.24, 2.45) is 0 Å². The molecule has 17 heavy (non-hydrogen) atoms. The first-order valence-corrected chi connectivity index (χ1v) is 6.35. The maximum atomic E-state index is 12.0. The summed E-state index contributed by atoms with van der Waals surface area (Å²) in [7, 11) is 3.84. The number of rotatable bonds is 6. The Labute approximate surface area is 104 Å². The molecule has 1 fully saturated rings. The topological polar surface area (TPSA) is 55.8 Å². The Morgan fingerprint density at radius 3 is 2.53 bits per heavy atom. The van der Waals surface area contributed by atoms with Crippen LogP contribution in [0.15, 0.2) is 0 Å². The summed E-state index contributed by atoms with van der Waals surface area (Å²) >= 11 is 0. The van der Waals surface area contributed by atoms with E-state index in [4.69, 9.17) is 0 Å². The molecule has 0 aromatic carbocycles. The van der Waals surface area contributed by atoms with Gasteiger partial charge in [-0.25, -0.2) is 0 Å². The highest BCUT2D eigenvalue weighted by Gasteiger charge is 2.23. The Morgan fingerprint density at radius 2 is 2.00 bits per heavy atom. The lowest BCUT2D eigenvalue weighted by Gasteiger charge is -2.23. The highest BCUT2D eigenvalue weighted by Crippen LogP contribution is 2.08. The minimum atomic E-state index is -0.432. The predicted molar refractivity (Wildman–Crippen MR) is 67.8 cm³/mol. The van der Waals surface area contributed by atoms with Crippen molar-refractivity contribution >= 4 is 5.91 Å². The number of likely N-dealkylation sites (N-methyl/N-ethyl adjacent to an activating group) is 1. The fourth-order valence-corrected chi connectivity index (χ4v) is 2.10. The highest BCUT2D eigenvalue weighted by atomic mass is 16.3. The fraction of sp³-hybridized carbons (Fsp3) is 0.917. The number of amides is 1. The van der Waals surface area contributed by atoms with E-state index in [9.17, 15) is 9.90 Å². The van der Waals surface area contributed by atoms with Crippen molar-refractivity contribution in [2.75, 3.05) is 40.3 Å². The molecule has 0 aromatic rings. The van der Waals surface area contributed by atoms with Crippen LogP contribution in [-0.2, 0) is 4.79 Å². The van der Waals surface area contributed by atoms with Gasteiger partial charge in [0.15, 0.2) is 0 Å². The van der Waals surface area contributed by atoms with E-state index in [0.717, 1.165) is 25.9 Å². The molecule has 5 nitrogen and oxygen atoms in total. The van der Waals surface area contributed by atoms with Gasteiger partial charge < -0.3 is 20.2 Å². The number of carbonyl (C=O) groups excluding carboxylic acids is 1. The number of likely N-dealkylation sites (tertiary alicyclic amines) is 1. The molecule has 1 saturated heterocycles. The molecule has 0 bridgehead atoms. The molecule has 1 rings (SSSR count). The second-order valence-corrected chi connectivity index (χ2v) is 5.08. The van der Waals surface area contributed by atoms with Gasteiger partial charge in [-0.1, -0.05) is 0 Å². The molecule has 100 valence electrons. The molecule has 0 spiro atoms. The van der Waals surface area contributed by atoms with Crippen molar-refractivity contribution in [2.45, 2.75) is 31.9 Å². The van der Waals surface area contributed by atoms with E-state index in [-0.39, 0.29) is 11.9 Å². The van der Waals surface area contributed by atoms with E-state index in [0.29, 0.717) is 13.1 Å². The monoisotopic (exact) mass is 243 g/mol. The lowest BCUT2D eigenvalue weighted by Crippen LogP contribution is -2.47. The van der Waals surface area contributed by atoms with Crippen LogP contribution in [0.1, 0.15) is 19.8 Å². The molecular weight excluding hydrogens is 218 g/mol. The first-order valence-electron chi connectivity index (χ1n) is 6.35. The molecular formula is C12H25N3O2. The van der Waals surface area contributed by atoms with Crippen LogP contribution in [0.25, 0.3) is 0 Å². The molecule has 0 radical (unpaired) electrons. The third-order valence-electron chi connectivity index (χ3n) is 3.02. The molecule has 5 heteroatoms. The van der Waals surface area contributed by atoms with Gasteiger partial charge in [-0.3, -0.25) is 4.79 Å². The third-order valence-corrected chi connectivity index (χ3v) is 3.02. The van der Waals surface area contributed by atoms with Crippen molar-refractivity contribution < 1.29 is 9.90 Å². The van der Waals surface area contributed by atoms with Crippen LogP contribution in [0.4, 0.5) is 0 Å². The van der Waals surface area contributed by atoms with Crippen molar-refractivity contribution in [3.05, 3.63) is 0 Å². The van der Waals surface area contributed by atoms with Crippen LogP contribution in [0.3, 0.4) is 0 Å². The zero-order valence-corrected chi connectivity index (χ0v) is 11.1.